The molecule has 0 unspecified atom stereocenters. The Kier molecular flexibility index (Phi) is 5.97. The van der Waals surface area contributed by atoms with E-state index in [0.717, 1.165) is 4.90 Å². The molecule has 0 saturated carbocycles. The lowest BCUT2D eigenvalue weighted by atomic mass is 10.1. The minimum atomic E-state index is -0.471. The zero-order valence-electron chi connectivity index (χ0n) is 16.8. The van der Waals surface area contributed by atoms with Crippen molar-refractivity contribution in [2.45, 2.75) is 6.92 Å². The molecule has 0 spiro atoms. The van der Waals surface area contributed by atoms with Crippen LogP contribution in [0.15, 0.2) is 65.7 Å². The zero-order valence-corrected chi connectivity index (χ0v) is 18.4. The molecule has 0 fully saturated rings. The smallest absolute Gasteiger partial charge is 0.282 e. The minimum absolute atomic E-state index is 0.187. The Bertz CT molecular complexity index is 1170. The normalized spacial score (nSPS) is 13.7. The SMILES string of the molecule is CCOc1ccccc1NC1=C(c2cccs2)C(=O)N(c2ccc(OC)c(Cl)c2)C1=O. The highest BCUT2D eigenvalue weighted by atomic mass is 35.5. The van der Waals surface area contributed by atoms with Crippen LogP contribution in [-0.4, -0.2) is 25.5 Å². The Hall–Kier alpha value is -3.29. The van der Waals surface area contributed by atoms with Crippen LogP contribution in [0.2, 0.25) is 5.02 Å². The van der Waals surface area contributed by atoms with Gasteiger partial charge in [-0.25, -0.2) is 4.90 Å². The first-order chi connectivity index (χ1) is 15.0. The summed E-state index contributed by atoms with van der Waals surface area (Å²) >= 11 is 7.63. The first-order valence-corrected chi connectivity index (χ1v) is 10.8. The van der Waals surface area contributed by atoms with Gasteiger partial charge in [0.2, 0.25) is 0 Å². The molecule has 2 amide bonds. The number of anilines is 2. The van der Waals surface area contributed by atoms with E-state index in [1.54, 1.807) is 30.3 Å². The number of thiophene rings is 1. The topological polar surface area (TPSA) is 67.9 Å². The first kappa shape index (κ1) is 21.0. The number of nitrogens with zero attached hydrogens (tertiary/aromatic N) is 1. The van der Waals surface area contributed by atoms with E-state index in [-0.39, 0.29) is 5.70 Å². The Morgan fingerprint density at radius 2 is 1.84 bits per heavy atom. The predicted octanol–water partition coefficient (Wildman–Crippen LogP) is 5.21. The second-order valence-corrected chi connectivity index (χ2v) is 7.90. The highest BCUT2D eigenvalue weighted by Gasteiger charge is 2.41. The molecular formula is C23H19ClN2O4S. The van der Waals surface area contributed by atoms with Gasteiger partial charge in [-0.2, -0.15) is 0 Å². The van der Waals surface area contributed by atoms with Gasteiger partial charge >= 0.3 is 0 Å². The third-order valence-electron chi connectivity index (χ3n) is 4.69. The highest BCUT2D eigenvalue weighted by molar-refractivity contribution is 7.11. The van der Waals surface area contributed by atoms with E-state index in [9.17, 15) is 9.59 Å². The minimum Gasteiger partial charge on any atom is -0.495 e. The van der Waals surface area contributed by atoms with Crippen LogP contribution in [0.25, 0.3) is 5.57 Å². The maximum Gasteiger partial charge on any atom is 0.282 e. The van der Waals surface area contributed by atoms with Crippen LogP contribution in [0.3, 0.4) is 0 Å². The number of carbonyl (C=O) groups is 2. The molecular weight excluding hydrogens is 436 g/mol. The standard InChI is InChI=1S/C23H19ClN2O4S/c1-3-30-18-8-5-4-7-16(18)25-21-20(19-9-6-12-31-19)22(27)26(23(21)28)14-10-11-17(29-2)15(24)13-14/h4-13,25H,3H2,1-2H3. The average molecular weight is 455 g/mol. The summed E-state index contributed by atoms with van der Waals surface area (Å²) in [7, 11) is 1.50. The molecule has 2 aromatic carbocycles. The van der Waals surface area contributed by atoms with Crippen molar-refractivity contribution in [3.8, 4) is 11.5 Å². The number of ether oxygens (including phenoxy) is 2. The Morgan fingerprint density at radius 3 is 2.52 bits per heavy atom. The van der Waals surface area contributed by atoms with Crippen molar-refractivity contribution in [3.05, 3.63) is 75.6 Å². The van der Waals surface area contributed by atoms with Gasteiger partial charge in [0.15, 0.2) is 0 Å². The number of halogens is 1. The van der Waals surface area contributed by atoms with Gasteiger partial charge in [-0.15, -0.1) is 11.3 Å². The first-order valence-electron chi connectivity index (χ1n) is 9.54. The van der Waals surface area contributed by atoms with Gasteiger partial charge in [0.25, 0.3) is 11.8 Å². The number of carbonyl (C=O) groups excluding carboxylic acids is 2. The lowest BCUT2D eigenvalue weighted by Gasteiger charge is -2.17. The van der Waals surface area contributed by atoms with Gasteiger partial charge < -0.3 is 14.8 Å². The summed E-state index contributed by atoms with van der Waals surface area (Å²) in [4.78, 5) is 28.6. The predicted molar refractivity (Wildman–Crippen MR) is 123 cm³/mol. The molecule has 0 saturated heterocycles. The molecule has 158 valence electrons. The fourth-order valence-electron chi connectivity index (χ4n) is 3.31. The van der Waals surface area contributed by atoms with Crippen LogP contribution in [0.1, 0.15) is 11.8 Å². The lowest BCUT2D eigenvalue weighted by Crippen LogP contribution is -2.32. The van der Waals surface area contributed by atoms with Crippen LogP contribution in [-0.2, 0) is 9.59 Å². The number of amides is 2. The maximum atomic E-state index is 13.4. The molecule has 1 aliphatic rings. The summed E-state index contributed by atoms with van der Waals surface area (Å²) in [5, 5.41) is 5.31. The van der Waals surface area contributed by atoms with Gasteiger partial charge in [-0.05, 0) is 48.7 Å². The largest absolute Gasteiger partial charge is 0.495 e. The Balaban J connectivity index is 1.79. The van der Waals surface area contributed by atoms with Crippen LogP contribution in [0.4, 0.5) is 11.4 Å². The van der Waals surface area contributed by atoms with Crippen LogP contribution >= 0.6 is 22.9 Å². The fourth-order valence-corrected chi connectivity index (χ4v) is 4.33. The van der Waals surface area contributed by atoms with Gasteiger partial charge in [-0.3, -0.25) is 9.59 Å². The third kappa shape index (κ3) is 3.89. The summed E-state index contributed by atoms with van der Waals surface area (Å²) in [6.45, 7) is 2.35. The van der Waals surface area contributed by atoms with Gasteiger partial charge in [0.05, 0.1) is 35.7 Å². The second-order valence-electron chi connectivity index (χ2n) is 6.55. The fraction of sp³-hybridized carbons (Fsp3) is 0.130. The molecule has 0 aliphatic carbocycles. The molecule has 1 aliphatic heterocycles. The van der Waals surface area contributed by atoms with E-state index < -0.39 is 11.8 Å². The molecule has 6 nitrogen and oxygen atoms in total. The van der Waals surface area contributed by atoms with Crippen molar-refractivity contribution < 1.29 is 19.1 Å². The Morgan fingerprint density at radius 1 is 1.03 bits per heavy atom. The van der Waals surface area contributed by atoms with E-state index >= 15 is 0 Å². The number of hydrogen-bond donors (Lipinski definition) is 1. The van der Waals surface area contributed by atoms with E-state index in [1.807, 2.05) is 36.6 Å². The van der Waals surface area contributed by atoms with E-state index in [1.165, 1.54) is 18.4 Å². The Labute approximate surface area is 188 Å². The molecule has 0 atom stereocenters. The number of methoxy groups -OCH3 is 1. The third-order valence-corrected chi connectivity index (χ3v) is 5.87. The van der Waals surface area contributed by atoms with Crippen LogP contribution < -0.4 is 19.7 Å². The second kappa shape index (κ2) is 8.83. The van der Waals surface area contributed by atoms with Crippen molar-refractivity contribution >= 4 is 51.7 Å². The van der Waals surface area contributed by atoms with Crippen molar-refractivity contribution in [3.63, 3.8) is 0 Å². The zero-order chi connectivity index (χ0) is 22.0. The molecule has 8 heteroatoms. The van der Waals surface area contributed by atoms with Crippen molar-refractivity contribution in [2.24, 2.45) is 0 Å². The molecule has 1 aromatic heterocycles. The monoisotopic (exact) mass is 454 g/mol. The van der Waals surface area contributed by atoms with Gasteiger partial charge in [0, 0.05) is 4.88 Å². The molecule has 4 rings (SSSR count). The van der Waals surface area contributed by atoms with E-state index in [4.69, 9.17) is 21.1 Å². The van der Waals surface area contributed by atoms with Crippen molar-refractivity contribution in [1.29, 1.82) is 0 Å². The summed E-state index contributed by atoms with van der Waals surface area (Å²) in [6.07, 6.45) is 0. The number of hydrogen-bond acceptors (Lipinski definition) is 6. The van der Waals surface area contributed by atoms with Crippen LogP contribution in [0, 0.1) is 0 Å². The summed E-state index contributed by atoms with van der Waals surface area (Å²) in [5.74, 6) is 0.153. The number of imide groups is 1. The van der Waals surface area contributed by atoms with Crippen molar-refractivity contribution in [1.82, 2.24) is 0 Å². The summed E-state index contributed by atoms with van der Waals surface area (Å²) in [5.41, 5.74) is 1.46. The molecule has 0 bridgehead atoms. The van der Waals surface area contributed by atoms with Crippen molar-refractivity contribution in [2.75, 3.05) is 23.9 Å². The highest BCUT2D eigenvalue weighted by Crippen LogP contribution is 2.38. The lowest BCUT2D eigenvalue weighted by molar-refractivity contribution is -0.120. The number of nitrogens with one attached hydrogen (secondary N) is 1. The summed E-state index contributed by atoms with van der Waals surface area (Å²) in [6, 6.07) is 15.7. The molecule has 2 heterocycles. The molecule has 31 heavy (non-hydrogen) atoms. The molecule has 3 aromatic rings. The van der Waals surface area contributed by atoms with E-state index in [2.05, 4.69) is 5.32 Å². The maximum absolute atomic E-state index is 13.4. The number of para-hydroxylation sites is 2. The molecule has 0 radical (unpaired) electrons. The van der Waals surface area contributed by atoms with Crippen LogP contribution in [0.5, 0.6) is 11.5 Å². The number of benzene rings is 2. The van der Waals surface area contributed by atoms with Gasteiger partial charge in [-0.1, -0.05) is 29.8 Å². The van der Waals surface area contributed by atoms with E-state index in [0.29, 0.717) is 45.0 Å². The molecule has 1 N–H and O–H groups in total. The van der Waals surface area contributed by atoms with Gasteiger partial charge in [0.1, 0.15) is 17.2 Å². The number of rotatable bonds is 7. The quantitative estimate of drug-likeness (QED) is 0.496. The average Bonchev–Trinajstić information content (AvgIpc) is 3.36. The summed E-state index contributed by atoms with van der Waals surface area (Å²) < 4.78 is 10.8.